The van der Waals surface area contributed by atoms with Gasteiger partial charge in [-0.2, -0.15) is 0 Å². The molecule has 84 valence electrons. The van der Waals surface area contributed by atoms with Crippen LogP contribution in [0.2, 0.25) is 5.02 Å². The summed E-state index contributed by atoms with van der Waals surface area (Å²) in [6.07, 6.45) is 0.852. The summed E-state index contributed by atoms with van der Waals surface area (Å²) in [6, 6.07) is 6.05. The number of hydrogen-bond donors (Lipinski definition) is 1. The Balaban J connectivity index is 2.98. The number of nitrogens with zero attached hydrogens (tertiary/aromatic N) is 1. The van der Waals surface area contributed by atoms with Crippen LogP contribution in [0.25, 0.3) is 0 Å². The van der Waals surface area contributed by atoms with Crippen LogP contribution >= 0.6 is 11.6 Å². The lowest BCUT2D eigenvalue weighted by Gasteiger charge is -2.21. The largest absolute Gasteiger partial charge is 0.376 e. The Morgan fingerprint density at radius 1 is 1.33 bits per heavy atom. The zero-order chi connectivity index (χ0) is 11.6. The van der Waals surface area contributed by atoms with Crippen LogP contribution in [0.3, 0.4) is 0 Å². The summed E-state index contributed by atoms with van der Waals surface area (Å²) in [5.41, 5.74) is 8.06. The molecule has 0 aliphatic carbocycles. The van der Waals surface area contributed by atoms with Crippen molar-refractivity contribution >= 4 is 17.3 Å². The Bertz CT molecular complexity index is 340. The van der Waals surface area contributed by atoms with Gasteiger partial charge in [0.05, 0.1) is 10.7 Å². The summed E-state index contributed by atoms with van der Waals surface area (Å²) >= 11 is 6.09. The van der Waals surface area contributed by atoms with Gasteiger partial charge in [0.1, 0.15) is 0 Å². The predicted molar refractivity (Wildman–Crippen MR) is 67.7 cm³/mol. The highest BCUT2D eigenvalue weighted by molar-refractivity contribution is 6.33. The van der Waals surface area contributed by atoms with E-state index in [-0.39, 0.29) is 5.54 Å². The van der Waals surface area contributed by atoms with E-state index in [0.717, 1.165) is 17.1 Å². The smallest absolute Gasteiger partial charge is 0.0639 e. The third-order valence-electron chi connectivity index (χ3n) is 2.15. The molecule has 0 spiro atoms. The van der Waals surface area contributed by atoms with Gasteiger partial charge in [-0.3, -0.25) is 0 Å². The minimum atomic E-state index is -0.183. The molecule has 1 rings (SSSR count). The number of rotatable bonds is 3. The standard InChI is InChI=1S/C12H19ClN2/c1-12(2,14)8-9-5-6-10(13)11(7-9)15(3)4/h5-7H,8,14H2,1-4H3. The van der Waals surface area contributed by atoms with E-state index in [4.69, 9.17) is 17.3 Å². The minimum absolute atomic E-state index is 0.183. The van der Waals surface area contributed by atoms with E-state index in [1.165, 1.54) is 5.56 Å². The molecule has 0 aromatic heterocycles. The second kappa shape index (κ2) is 4.42. The van der Waals surface area contributed by atoms with Gasteiger partial charge in [0.2, 0.25) is 0 Å². The van der Waals surface area contributed by atoms with Crippen molar-refractivity contribution in [1.82, 2.24) is 0 Å². The van der Waals surface area contributed by atoms with Crippen molar-refractivity contribution in [3.63, 3.8) is 0 Å². The van der Waals surface area contributed by atoms with Gasteiger partial charge in [-0.1, -0.05) is 17.7 Å². The molecular formula is C12H19ClN2. The molecule has 3 heteroatoms. The van der Waals surface area contributed by atoms with Crippen molar-refractivity contribution in [1.29, 1.82) is 0 Å². The van der Waals surface area contributed by atoms with Gasteiger partial charge in [0.15, 0.2) is 0 Å². The molecule has 0 fully saturated rings. The van der Waals surface area contributed by atoms with Crippen LogP contribution in [0.4, 0.5) is 5.69 Å². The lowest BCUT2D eigenvalue weighted by atomic mass is 9.96. The van der Waals surface area contributed by atoms with E-state index >= 15 is 0 Å². The monoisotopic (exact) mass is 226 g/mol. The summed E-state index contributed by atoms with van der Waals surface area (Å²) in [4.78, 5) is 2.01. The Kier molecular flexibility index (Phi) is 3.63. The van der Waals surface area contributed by atoms with Gasteiger partial charge in [-0.15, -0.1) is 0 Å². The van der Waals surface area contributed by atoms with Crippen molar-refractivity contribution < 1.29 is 0 Å². The Morgan fingerprint density at radius 3 is 2.40 bits per heavy atom. The topological polar surface area (TPSA) is 29.3 Å². The molecule has 0 radical (unpaired) electrons. The number of benzene rings is 1. The zero-order valence-electron chi connectivity index (χ0n) is 9.84. The maximum absolute atomic E-state index is 6.09. The van der Waals surface area contributed by atoms with Crippen LogP contribution in [0.1, 0.15) is 19.4 Å². The maximum Gasteiger partial charge on any atom is 0.0639 e. The van der Waals surface area contributed by atoms with E-state index in [0.29, 0.717) is 0 Å². The SMILES string of the molecule is CN(C)c1cc(CC(C)(C)N)ccc1Cl. The number of anilines is 1. The first-order chi connectivity index (χ1) is 6.79. The van der Waals surface area contributed by atoms with Crippen molar-refractivity contribution in [2.75, 3.05) is 19.0 Å². The first kappa shape index (κ1) is 12.3. The quantitative estimate of drug-likeness (QED) is 0.859. The Morgan fingerprint density at radius 2 is 1.93 bits per heavy atom. The Hall–Kier alpha value is -0.730. The first-order valence-corrected chi connectivity index (χ1v) is 5.42. The lowest BCUT2D eigenvalue weighted by Crippen LogP contribution is -2.34. The van der Waals surface area contributed by atoms with Crippen LogP contribution in [0.15, 0.2) is 18.2 Å². The van der Waals surface area contributed by atoms with Crippen molar-refractivity contribution in [3.05, 3.63) is 28.8 Å². The van der Waals surface area contributed by atoms with Gasteiger partial charge in [-0.25, -0.2) is 0 Å². The van der Waals surface area contributed by atoms with Crippen LogP contribution in [-0.4, -0.2) is 19.6 Å². The summed E-state index contributed by atoms with van der Waals surface area (Å²) in [5.74, 6) is 0. The van der Waals surface area contributed by atoms with Gasteiger partial charge in [0.25, 0.3) is 0 Å². The molecule has 0 saturated heterocycles. The minimum Gasteiger partial charge on any atom is -0.376 e. The van der Waals surface area contributed by atoms with Crippen LogP contribution in [0, 0.1) is 0 Å². The van der Waals surface area contributed by atoms with Gasteiger partial charge in [0, 0.05) is 19.6 Å². The molecule has 0 saturated carbocycles. The van der Waals surface area contributed by atoms with Crippen LogP contribution in [-0.2, 0) is 6.42 Å². The molecule has 2 N–H and O–H groups in total. The molecule has 2 nitrogen and oxygen atoms in total. The molecule has 1 aromatic rings. The lowest BCUT2D eigenvalue weighted by molar-refractivity contribution is 0.517. The molecule has 0 bridgehead atoms. The Labute approximate surface area is 97.0 Å². The molecule has 0 unspecified atom stereocenters. The number of halogens is 1. The van der Waals surface area contributed by atoms with Gasteiger partial charge >= 0.3 is 0 Å². The maximum atomic E-state index is 6.09. The highest BCUT2D eigenvalue weighted by Crippen LogP contribution is 2.26. The molecule has 0 aliphatic rings. The van der Waals surface area contributed by atoms with Gasteiger partial charge in [-0.05, 0) is 38.0 Å². The van der Waals surface area contributed by atoms with E-state index in [1.54, 1.807) is 0 Å². The zero-order valence-corrected chi connectivity index (χ0v) is 10.6. The summed E-state index contributed by atoms with van der Waals surface area (Å²) in [6.45, 7) is 4.05. The molecule has 0 heterocycles. The predicted octanol–water partition coefficient (Wildman–Crippen LogP) is 2.69. The van der Waals surface area contributed by atoms with E-state index in [1.807, 2.05) is 45.0 Å². The fourth-order valence-electron chi connectivity index (χ4n) is 1.54. The molecule has 0 atom stereocenters. The average molecular weight is 227 g/mol. The molecule has 1 aromatic carbocycles. The molecule has 0 amide bonds. The summed E-state index contributed by atoms with van der Waals surface area (Å²) in [5, 5.41) is 0.776. The average Bonchev–Trinajstić information content (AvgIpc) is 2.05. The second-order valence-corrected chi connectivity index (χ2v) is 5.25. The van der Waals surface area contributed by atoms with Crippen LogP contribution < -0.4 is 10.6 Å². The fourth-order valence-corrected chi connectivity index (χ4v) is 1.82. The van der Waals surface area contributed by atoms with Gasteiger partial charge < -0.3 is 10.6 Å². The highest BCUT2D eigenvalue weighted by atomic mass is 35.5. The fraction of sp³-hybridized carbons (Fsp3) is 0.500. The number of nitrogens with two attached hydrogens (primary N) is 1. The van der Waals surface area contributed by atoms with E-state index in [2.05, 4.69) is 6.07 Å². The second-order valence-electron chi connectivity index (χ2n) is 4.85. The van der Waals surface area contributed by atoms with Crippen molar-refractivity contribution in [2.24, 2.45) is 5.73 Å². The third-order valence-corrected chi connectivity index (χ3v) is 2.47. The summed E-state index contributed by atoms with van der Waals surface area (Å²) in [7, 11) is 3.97. The van der Waals surface area contributed by atoms with Crippen molar-refractivity contribution in [2.45, 2.75) is 25.8 Å². The van der Waals surface area contributed by atoms with Crippen LogP contribution in [0.5, 0.6) is 0 Å². The normalized spacial score (nSPS) is 11.6. The molecule has 15 heavy (non-hydrogen) atoms. The van der Waals surface area contributed by atoms with Crippen molar-refractivity contribution in [3.8, 4) is 0 Å². The van der Waals surface area contributed by atoms with E-state index < -0.39 is 0 Å². The third kappa shape index (κ3) is 3.73. The van der Waals surface area contributed by atoms with E-state index in [9.17, 15) is 0 Å². The molecular weight excluding hydrogens is 208 g/mol. The highest BCUT2D eigenvalue weighted by Gasteiger charge is 2.13. The summed E-state index contributed by atoms with van der Waals surface area (Å²) < 4.78 is 0. The molecule has 0 aliphatic heterocycles. The number of hydrogen-bond acceptors (Lipinski definition) is 2. The first-order valence-electron chi connectivity index (χ1n) is 5.04.